The molecule has 0 atom stereocenters. The predicted octanol–water partition coefficient (Wildman–Crippen LogP) is 4.43. The number of methoxy groups -OCH3 is 1. The number of rotatable bonds is 6. The van der Waals surface area contributed by atoms with Crippen molar-refractivity contribution in [2.24, 2.45) is 0 Å². The van der Waals surface area contributed by atoms with Crippen LogP contribution in [0.2, 0.25) is 0 Å². The maximum absolute atomic E-state index is 12.5. The third kappa shape index (κ3) is 4.54. The summed E-state index contributed by atoms with van der Waals surface area (Å²) in [6.45, 7) is 2.04. The average Bonchev–Trinajstić information content (AvgIpc) is 2.74. The van der Waals surface area contributed by atoms with Crippen LogP contribution >= 0.6 is 0 Å². The molecule has 0 saturated carbocycles. The predicted molar refractivity (Wildman–Crippen MR) is 109 cm³/mol. The molecule has 0 spiro atoms. The molecule has 0 saturated heterocycles. The van der Waals surface area contributed by atoms with Gasteiger partial charge in [0.2, 0.25) is 0 Å². The van der Waals surface area contributed by atoms with Gasteiger partial charge in [-0.05, 0) is 48.4 Å². The average molecular weight is 375 g/mol. The van der Waals surface area contributed by atoms with Gasteiger partial charge in [0.15, 0.2) is 0 Å². The van der Waals surface area contributed by atoms with Gasteiger partial charge in [0.1, 0.15) is 5.82 Å². The Morgan fingerprint density at radius 3 is 2.54 bits per heavy atom. The zero-order valence-corrected chi connectivity index (χ0v) is 15.7. The number of ether oxygens (including phenoxy) is 1. The quantitative estimate of drug-likeness (QED) is 0.623. The molecule has 0 aliphatic carbocycles. The number of hydrogen-bond acceptors (Lipinski definition) is 5. The van der Waals surface area contributed by atoms with Crippen LogP contribution in [-0.4, -0.2) is 24.0 Å². The van der Waals surface area contributed by atoms with Crippen molar-refractivity contribution >= 4 is 29.1 Å². The van der Waals surface area contributed by atoms with Crippen molar-refractivity contribution in [2.75, 3.05) is 17.7 Å². The monoisotopic (exact) mass is 375 g/mol. The highest BCUT2D eigenvalue weighted by atomic mass is 16.5. The van der Waals surface area contributed by atoms with Gasteiger partial charge in [-0.2, -0.15) is 0 Å². The molecule has 0 unspecified atom stereocenters. The third-order valence-corrected chi connectivity index (χ3v) is 4.23. The van der Waals surface area contributed by atoms with Crippen molar-refractivity contribution in [1.82, 2.24) is 4.98 Å². The molecule has 6 heteroatoms. The number of carbonyl (C=O) groups is 2. The highest BCUT2D eigenvalue weighted by molar-refractivity contribution is 6.04. The summed E-state index contributed by atoms with van der Waals surface area (Å²) < 4.78 is 4.72. The van der Waals surface area contributed by atoms with Crippen molar-refractivity contribution in [1.29, 1.82) is 0 Å². The van der Waals surface area contributed by atoms with E-state index >= 15 is 0 Å². The fourth-order valence-electron chi connectivity index (χ4n) is 2.74. The van der Waals surface area contributed by atoms with E-state index in [4.69, 9.17) is 4.74 Å². The standard InChI is InChI=1S/C22H21N3O3/c1-3-15-7-4-5-10-19(15)25-21(26)17-11-12-20(23-14-17)24-18-9-6-8-16(13-18)22(27)28-2/h4-14H,3H2,1-2H3,(H,23,24)(H,25,26). The Balaban J connectivity index is 1.70. The lowest BCUT2D eigenvalue weighted by atomic mass is 10.1. The Morgan fingerprint density at radius 1 is 1.00 bits per heavy atom. The molecule has 0 fully saturated rings. The second-order valence-electron chi connectivity index (χ2n) is 6.09. The first-order valence-corrected chi connectivity index (χ1v) is 8.91. The Bertz CT molecular complexity index is 984. The summed E-state index contributed by atoms with van der Waals surface area (Å²) in [6, 6.07) is 18.0. The van der Waals surface area contributed by atoms with Crippen LogP contribution in [0.15, 0.2) is 66.9 Å². The number of aromatic nitrogens is 1. The van der Waals surface area contributed by atoms with Crippen molar-refractivity contribution < 1.29 is 14.3 Å². The van der Waals surface area contributed by atoms with E-state index in [-0.39, 0.29) is 5.91 Å². The molecule has 0 aliphatic rings. The van der Waals surface area contributed by atoms with Gasteiger partial charge in [-0.1, -0.05) is 31.2 Å². The van der Waals surface area contributed by atoms with E-state index in [1.54, 1.807) is 30.3 Å². The van der Waals surface area contributed by atoms with Crippen LogP contribution in [0.5, 0.6) is 0 Å². The second kappa shape index (κ2) is 8.81. The Hall–Kier alpha value is -3.67. The SMILES string of the molecule is CCc1ccccc1NC(=O)c1ccc(Nc2cccc(C(=O)OC)c2)nc1. The number of para-hydroxylation sites is 1. The van der Waals surface area contributed by atoms with Crippen molar-refractivity contribution in [3.05, 3.63) is 83.6 Å². The molecule has 3 rings (SSSR count). The minimum Gasteiger partial charge on any atom is -0.465 e. The molecule has 3 aromatic rings. The molecule has 0 radical (unpaired) electrons. The van der Waals surface area contributed by atoms with Gasteiger partial charge in [-0.3, -0.25) is 4.79 Å². The third-order valence-electron chi connectivity index (χ3n) is 4.23. The number of amides is 1. The molecular weight excluding hydrogens is 354 g/mol. The molecule has 0 aliphatic heterocycles. The van der Waals surface area contributed by atoms with Crippen LogP contribution in [0.25, 0.3) is 0 Å². The number of aryl methyl sites for hydroxylation is 1. The summed E-state index contributed by atoms with van der Waals surface area (Å²) in [5, 5.41) is 6.03. The molecule has 2 N–H and O–H groups in total. The van der Waals surface area contributed by atoms with Gasteiger partial charge >= 0.3 is 5.97 Å². The zero-order chi connectivity index (χ0) is 19.9. The van der Waals surface area contributed by atoms with Crippen LogP contribution < -0.4 is 10.6 Å². The van der Waals surface area contributed by atoms with E-state index in [1.165, 1.54) is 13.3 Å². The van der Waals surface area contributed by atoms with Gasteiger partial charge in [-0.15, -0.1) is 0 Å². The molecule has 0 bridgehead atoms. The number of pyridine rings is 1. The lowest BCUT2D eigenvalue weighted by Gasteiger charge is -2.10. The fourth-order valence-corrected chi connectivity index (χ4v) is 2.74. The van der Waals surface area contributed by atoms with Crippen LogP contribution in [0, 0.1) is 0 Å². The Labute approximate surface area is 163 Å². The van der Waals surface area contributed by atoms with Crippen LogP contribution in [0.1, 0.15) is 33.2 Å². The molecule has 6 nitrogen and oxygen atoms in total. The number of carbonyl (C=O) groups excluding carboxylic acids is 2. The van der Waals surface area contributed by atoms with Crippen LogP contribution in [-0.2, 0) is 11.2 Å². The van der Waals surface area contributed by atoms with E-state index in [1.807, 2.05) is 37.3 Å². The second-order valence-corrected chi connectivity index (χ2v) is 6.09. The van der Waals surface area contributed by atoms with Gasteiger partial charge in [-0.25, -0.2) is 9.78 Å². The summed E-state index contributed by atoms with van der Waals surface area (Å²) in [7, 11) is 1.34. The van der Waals surface area contributed by atoms with Crippen molar-refractivity contribution in [2.45, 2.75) is 13.3 Å². The van der Waals surface area contributed by atoms with E-state index in [9.17, 15) is 9.59 Å². The van der Waals surface area contributed by atoms with Crippen molar-refractivity contribution in [3.63, 3.8) is 0 Å². The Kier molecular flexibility index (Phi) is 6.01. The molecule has 1 aromatic heterocycles. The first kappa shape index (κ1) is 19.1. The largest absolute Gasteiger partial charge is 0.465 e. The van der Waals surface area contributed by atoms with Crippen molar-refractivity contribution in [3.8, 4) is 0 Å². The zero-order valence-electron chi connectivity index (χ0n) is 15.7. The number of hydrogen-bond donors (Lipinski definition) is 2. The summed E-state index contributed by atoms with van der Waals surface area (Å²) in [6.07, 6.45) is 2.35. The smallest absolute Gasteiger partial charge is 0.337 e. The molecule has 1 heterocycles. The molecule has 1 amide bonds. The molecule has 2 aromatic carbocycles. The maximum atomic E-state index is 12.5. The highest BCUT2D eigenvalue weighted by Crippen LogP contribution is 2.19. The van der Waals surface area contributed by atoms with E-state index in [2.05, 4.69) is 15.6 Å². The number of benzene rings is 2. The molecule has 28 heavy (non-hydrogen) atoms. The minimum atomic E-state index is -0.406. The summed E-state index contributed by atoms with van der Waals surface area (Å²) in [5.74, 6) is -0.0591. The van der Waals surface area contributed by atoms with Gasteiger partial charge < -0.3 is 15.4 Å². The lowest BCUT2D eigenvalue weighted by Crippen LogP contribution is -2.13. The van der Waals surface area contributed by atoms with Gasteiger partial charge in [0, 0.05) is 17.6 Å². The normalized spacial score (nSPS) is 10.2. The number of nitrogens with zero attached hydrogens (tertiary/aromatic N) is 1. The Morgan fingerprint density at radius 2 is 1.82 bits per heavy atom. The van der Waals surface area contributed by atoms with E-state index < -0.39 is 5.97 Å². The van der Waals surface area contributed by atoms with E-state index in [0.717, 1.165) is 17.7 Å². The number of esters is 1. The lowest BCUT2D eigenvalue weighted by molar-refractivity contribution is 0.0600. The number of anilines is 3. The van der Waals surface area contributed by atoms with Crippen LogP contribution in [0.3, 0.4) is 0 Å². The first-order valence-electron chi connectivity index (χ1n) is 8.91. The topological polar surface area (TPSA) is 80.3 Å². The highest BCUT2D eigenvalue weighted by Gasteiger charge is 2.10. The van der Waals surface area contributed by atoms with Gasteiger partial charge in [0.25, 0.3) is 5.91 Å². The first-order chi connectivity index (χ1) is 13.6. The summed E-state index contributed by atoms with van der Waals surface area (Å²) >= 11 is 0. The minimum absolute atomic E-state index is 0.215. The van der Waals surface area contributed by atoms with E-state index in [0.29, 0.717) is 22.6 Å². The summed E-state index contributed by atoms with van der Waals surface area (Å²) in [5.41, 5.74) is 3.48. The maximum Gasteiger partial charge on any atom is 0.337 e. The molecule has 142 valence electrons. The fraction of sp³-hybridized carbons (Fsp3) is 0.136. The van der Waals surface area contributed by atoms with Crippen LogP contribution in [0.4, 0.5) is 17.2 Å². The summed E-state index contributed by atoms with van der Waals surface area (Å²) in [4.78, 5) is 28.4. The van der Waals surface area contributed by atoms with Gasteiger partial charge in [0.05, 0.1) is 18.2 Å². The molecular formula is C22H21N3O3. The number of nitrogens with one attached hydrogen (secondary N) is 2.